The maximum atomic E-state index is 12.9. The summed E-state index contributed by atoms with van der Waals surface area (Å²) in [7, 11) is 0.666. The lowest BCUT2D eigenvalue weighted by Gasteiger charge is -2.44. The molecule has 39 heavy (non-hydrogen) atoms. The number of likely N-dealkylation sites (N-methyl/N-ethyl adjacent to an activating group) is 1. The van der Waals surface area contributed by atoms with Crippen LogP contribution in [0.5, 0.6) is 0 Å². The lowest BCUT2D eigenvalue weighted by molar-refractivity contribution is 0.0178. The molecular weight excluding hydrogens is 508 g/mol. The highest BCUT2D eigenvalue weighted by Crippen LogP contribution is 2.39. The zero-order valence-corrected chi connectivity index (χ0v) is 25.8. The molecule has 0 unspecified atom stereocenters. The van der Waals surface area contributed by atoms with Gasteiger partial charge in [0.15, 0.2) is 0 Å². The van der Waals surface area contributed by atoms with Crippen LogP contribution in [0.15, 0.2) is 37.2 Å². The molecule has 0 bridgehead atoms. The molecule has 0 spiro atoms. The minimum absolute atomic E-state index is 0.0207. The van der Waals surface area contributed by atoms with Crippen LogP contribution in [-0.2, 0) is 16.2 Å². The van der Waals surface area contributed by atoms with Crippen molar-refractivity contribution in [2.75, 3.05) is 25.1 Å². The quantitative estimate of drug-likeness (QED) is 0.249. The van der Waals surface area contributed by atoms with Crippen LogP contribution in [0, 0.1) is 0 Å². The summed E-state index contributed by atoms with van der Waals surface area (Å²) in [6, 6.07) is 3.30. The van der Waals surface area contributed by atoms with Gasteiger partial charge in [0.2, 0.25) is 0 Å². The van der Waals surface area contributed by atoms with Crippen molar-refractivity contribution in [3.8, 4) is 11.1 Å². The van der Waals surface area contributed by atoms with Crippen molar-refractivity contribution in [2.45, 2.75) is 90.6 Å². The van der Waals surface area contributed by atoms with Gasteiger partial charge in [0, 0.05) is 70.2 Å². The van der Waals surface area contributed by atoms with E-state index < -0.39 is 13.7 Å². The highest BCUT2D eigenvalue weighted by Gasteiger charge is 2.36. The number of anilines is 1. The summed E-state index contributed by atoms with van der Waals surface area (Å²) in [6.45, 7) is 17.0. The minimum Gasteiger partial charge on any atom is -0.444 e. The van der Waals surface area contributed by atoms with E-state index in [9.17, 15) is 4.79 Å². The van der Waals surface area contributed by atoms with Crippen LogP contribution < -0.4 is 4.90 Å². The Morgan fingerprint density at radius 2 is 1.92 bits per heavy atom. The molecule has 1 saturated heterocycles. The molecule has 4 heterocycles. The maximum Gasteiger partial charge on any atom is 0.410 e. The van der Waals surface area contributed by atoms with Crippen LogP contribution in [0.25, 0.3) is 22.2 Å². The number of ether oxygens (including phenoxy) is 2. The first kappa shape index (κ1) is 29.0. The Hall–Kier alpha value is -2.98. The second-order valence-corrected chi connectivity index (χ2v) is 18.4. The van der Waals surface area contributed by atoms with Gasteiger partial charge in [-0.1, -0.05) is 19.6 Å². The molecule has 3 aromatic rings. The fraction of sp³-hybridized carbons (Fsp3) is 0.586. The van der Waals surface area contributed by atoms with E-state index in [4.69, 9.17) is 14.5 Å². The number of amides is 1. The van der Waals surface area contributed by atoms with Gasteiger partial charge in [0.25, 0.3) is 0 Å². The minimum atomic E-state index is -1.18. The number of aromatic nitrogens is 4. The van der Waals surface area contributed by atoms with Gasteiger partial charge in [-0.15, -0.1) is 0 Å². The van der Waals surface area contributed by atoms with E-state index in [1.807, 2.05) is 46.4 Å². The molecule has 1 fully saturated rings. The summed E-state index contributed by atoms with van der Waals surface area (Å²) < 4.78 is 13.9. The average molecular weight is 553 g/mol. The second kappa shape index (κ2) is 11.6. The fourth-order valence-corrected chi connectivity index (χ4v) is 5.94. The second-order valence-electron chi connectivity index (χ2n) is 12.8. The van der Waals surface area contributed by atoms with Crippen molar-refractivity contribution in [3.63, 3.8) is 0 Å². The number of fused-ring (bicyclic) bond motifs is 1. The molecule has 1 aliphatic rings. The van der Waals surface area contributed by atoms with Crippen molar-refractivity contribution >= 4 is 30.9 Å². The Labute approximate surface area is 233 Å². The number of nitrogens with zero attached hydrogens (tertiary/aromatic N) is 6. The Morgan fingerprint density at radius 1 is 1.21 bits per heavy atom. The number of piperidine rings is 1. The predicted octanol–water partition coefficient (Wildman–Crippen LogP) is 6.03. The summed E-state index contributed by atoms with van der Waals surface area (Å²) in [4.78, 5) is 30.5. The number of hydrogen-bond acceptors (Lipinski definition) is 7. The molecule has 4 rings (SSSR count). The topological polar surface area (TPSA) is 85.6 Å². The van der Waals surface area contributed by atoms with Gasteiger partial charge in [-0.25, -0.2) is 19.7 Å². The van der Waals surface area contributed by atoms with Crippen LogP contribution in [0.1, 0.15) is 40.5 Å². The maximum absolute atomic E-state index is 12.9. The Bertz CT molecular complexity index is 1270. The van der Waals surface area contributed by atoms with Crippen molar-refractivity contribution in [3.05, 3.63) is 37.2 Å². The lowest BCUT2D eigenvalue weighted by atomic mass is 9.95. The van der Waals surface area contributed by atoms with Crippen LogP contribution in [0.3, 0.4) is 0 Å². The highest BCUT2D eigenvalue weighted by molar-refractivity contribution is 6.76. The largest absolute Gasteiger partial charge is 0.444 e. The molecular formula is C29H44N6O3Si. The number of carbonyl (C=O) groups is 1. The molecule has 10 heteroatoms. The summed E-state index contributed by atoms with van der Waals surface area (Å²) in [6.07, 6.45) is 10.8. The zero-order valence-electron chi connectivity index (χ0n) is 24.8. The van der Waals surface area contributed by atoms with Gasteiger partial charge in [-0.2, -0.15) is 0 Å². The third-order valence-electron chi connectivity index (χ3n) is 7.27. The molecule has 0 aliphatic carbocycles. The third-order valence-corrected chi connectivity index (χ3v) is 8.97. The Kier molecular flexibility index (Phi) is 8.65. The Morgan fingerprint density at radius 3 is 2.59 bits per heavy atom. The SMILES string of the molecule is C[C@H]1[C@@H](N(C)C(=O)OC(C)(C)C)CCCN1c1ccnc2c1c(-c1cncnc1)cn2COCC[Si](C)(C)C. The van der Waals surface area contributed by atoms with E-state index in [0.29, 0.717) is 6.73 Å². The number of hydrogen-bond donors (Lipinski definition) is 0. The van der Waals surface area contributed by atoms with E-state index in [0.717, 1.165) is 59.9 Å². The van der Waals surface area contributed by atoms with Gasteiger partial charge in [0.1, 0.15) is 24.3 Å². The highest BCUT2D eigenvalue weighted by atomic mass is 28.3. The van der Waals surface area contributed by atoms with Crippen LogP contribution in [0.4, 0.5) is 10.5 Å². The van der Waals surface area contributed by atoms with E-state index >= 15 is 0 Å². The van der Waals surface area contributed by atoms with Gasteiger partial charge >= 0.3 is 6.09 Å². The molecule has 9 nitrogen and oxygen atoms in total. The van der Waals surface area contributed by atoms with E-state index in [1.165, 1.54) is 0 Å². The molecule has 0 N–H and O–H groups in total. The monoisotopic (exact) mass is 552 g/mol. The fourth-order valence-electron chi connectivity index (χ4n) is 5.18. The normalized spacial score (nSPS) is 18.4. The lowest BCUT2D eigenvalue weighted by Crippen LogP contribution is -2.55. The first-order chi connectivity index (χ1) is 18.4. The molecule has 0 saturated carbocycles. The number of pyridine rings is 1. The molecule has 0 aromatic carbocycles. The summed E-state index contributed by atoms with van der Waals surface area (Å²) in [5, 5.41) is 1.05. The van der Waals surface area contributed by atoms with E-state index in [2.05, 4.69) is 58.3 Å². The standard InChI is InChI=1S/C29H44N6O3Si/c1-21-24(33(5)28(36)38-29(2,3)4)10-9-13-35(21)25-11-12-32-27-26(25)23(22-16-30-19-31-17-22)18-34(27)20-37-14-15-39(6,7)8/h11-12,16-19,21,24H,9-10,13-15,20H2,1-8H3/t21-,24-/m0/s1. The van der Waals surface area contributed by atoms with Gasteiger partial charge in [-0.3, -0.25) is 0 Å². The van der Waals surface area contributed by atoms with Crippen molar-refractivity contribution < 1.29 is 14.3 Å². The smallest absolute Gasteiger partial charge is 0.410 e. The average Bonchev–Trinajstić information content (AvgIpc) is 3.24. The summed E-state index contributed by atoms with van der Waals surface area (Å²) >= 11 is 0. The third kappa shape index (κ3) is 6.97. The molecule has 0 radical (unpaired) electrons. The first-order valence-electron chi connectivity index (χ1n) is 13.9. The molecule has 1 amide bonds. The van der Waals surface area contributed by atoms with Gasteiger partial charge in [-0.05, 0) is 52.6 Å². The molecule has 212 valence electrons. The number of carbonyl (C=O) groups excluding carboxylic acids is 1. The van der Waals surface area contributed by atoms with E-state index in [-0.39, 0.29) is 18.2 Å². The Balaban J connectivity index is 1.69. The van der Waals surface area contributed by atoms with Crippen LogP contribution >= 0.6 is 0 Å². The number of rotatable bonds is 8. The zero-order chi connectivity index (χ0) is 28.4. The predicted molar refractivity (Wildman–Crippen MR) is 159 cm³/mol. The van der Waals surface area contributed by atoms with E-state index in [1.54, 1.807) is 11.2 Å². The van der Waals surface area contributed by atoms with Crippen LogP contribution in [-0.4, -0.2) is 76.5 Å². The van der Waals surface area contributed by atoms with Crippen molar-refractivity contribution in [1.29, 1.82) is 0 Å². The first-order valence-corrected chi connectivity index (χ1v) is 17.6. The molecule has 2 atom stereocenters. The van der Waals surface area contributed by atoms with Crippen LogP contribution in [0.2, 0.25) is 25.7 Å². The summed E-state index contributed by atoms with van der Waals surface area (Å²) in [5.41, 5.74) is 3.39. The van der Waals surface area contributed by atoms with Crippen molar-refractivity contribution in [1.82, 2.24) is 24.4 Å². The van der Waals surface area contributed by atoms with Gasteiger partial charge < -0.3 is 23.8 Å². The molecule has 3 aromatic heterocycles. The van der Waals surface area contributed by atoms with Crippen molar-refractivity contribution in [2.24, 2.45) is 0 Å². The summed E-state index contributed by atoms with van der Waals surface area (Å²) in [5.74, 6) is 0. The molecule has 1 aliphatic heterocycles. The van der Waals surface area contributed by atoms with Gasteiger partial charge in [0.05, 0.1) is 17.1 Å².